The molecule has 0 radical (unpaired) electrons. The zero-order chi connectivity index (χ0) is 20.4. The van der Waals surface area contributed by atoms with Crippen molar-refractivity contribution in [1.82, 2.24) is 25.1 Å². The van der Waals surface area contributed by atoms with E-state index in [4.69, 9.17) is 11.6 Å². The Morgan fingerprint density at radius 1 is 1.14 bits per heavy atom. The van der Waals surface area contributed by atoms with Crippen molar-refractivity contribution in [2.75, 3.05) is 0 Å². The Kier molecular flexibility index (Phi) is 5.42. The number of nitrogens with one attached hydrogen (secondary N) is 1. The fourth-order valence-electron chi connectivity index (χ4n) is 2.93. The van der Waals surface area contributed by atoms with Crippen LogP contribution in [-0.4, -0.2) is 25.7 Å². The van der Waals surface area contributed by atoms with Gasteiger partial charge >= 0.3 is 0 Å². The van der Waals surface area contributed by atoms with Crippen molar-refractivity contribution in [2.45, 2.75) is 20.4 Å². The highest BCUT2D eigenvalue weighted by atomic mass is 35.5. The van der Waals surface area contributed by atoms with Gasteiger partial charge in [-0.05, 0) is 50.2 Å². The first-order chi connectivity index (χ1) is 14.0. The average molecular weight is 424 g/mol. The van der Waals surface area contributed by atoms with Gasteiger partial charge in [0.05, 0.1) is 34.3 Å². The van der Waals surface area contributed by atoms with E-state index in [2.05, 4.69) is 20.4 Å². The molecule has 1 amide bonds. The van der Waals surface area contributed by atoms with Crippen LogP contribution >= 0.6 is 22.9 Å². The van der Waals surface area contributed by atoms with Gasteiger partial charge in [0.15, 0.2) is 0 Å². The van der Waals surface area contributed by atoms with E-state index < -0.39 is 0 Å². The number of hydrogen-bond acceptors (Lipinski definition) is 5. The standard InChI is InChI=1S/C21H18ClN5OS/c1-13-20(22)14(2)27(26-13)17-5-3-16(4-6-17)21(28)24-11-19-25-18(12-29-19)15-7-9-23-10-8-15/h3-10,12H,11H2,1-2H3,(H,24,28). The molecule has 0 saturated heterocycles. The van der Waals surface area contributed by atoms with Crippen LogP contribution in [-0.2, 0) is 6.54 Å². The fraction of sp³-hybridized carbons (Fsp3) is 0.143. The van der Waals surface area contributed by atoms with Crippen molar-refractivity contribution >= 4 is 28.8 Å². The number of hydrogen-bond donors (Lipinski definition) is 1. The molecule has 0 bridgehead atoms. The van der Waals surface area contributed by atoms with Crippen LogP contribution in [0.3, 0.4) is 0 Å². The molecule has 4 rings (SSSR count). The van der Waals surface area contributed by atoms with Gasteiger partial charge < -0.3 is 5.32 Å². The molecule has 8 heteroatoms. The molecule has 29 heavy (non-hydrogen) atoms. The van der Waals surface area contributed by atoms with Crippen LogP contribution in [0.1, 0.15) is 26.8 Å². The average Bonchev–Trinajstić information content (AvgIpc) is 3.33. The van der Waals surface area contributed by atoms with Gasteiger partial charge in [0.2, 0.25) is 0 Å². The van der Waals surface area contributed by atoms with E-state index in [1.165, 1.54) is 11.3 Å². The van der Waals surface area contributed by atoms with Crippen molar-refractivity contribution in [2.24, 2.45) is 0 Å². The van der Waals surface area contributed by atoms with Crippen molar-refractivity contribution < 1.29 is 4.79 Å². The third kappa shape index (κ3) is 4.06. The van der Waals surface area contributed by atoms with E-state index in [0.29, 0.717) is 17.1 Å². The Labute approximate surface area is 177 Å². The molecule has 1 N–H and O–H groups in total. The molecular weight excluding hydrogens is 406 g/mol. The summed E-state index contributed by atoms with van der Waals surface area (Å²) >= 11 is 7.73. The number of carbonyl (C=O) groups excluding carboxylic acids is 1. The summed E-state index contributed by atoms with van der Waals surface area (Å²) < 4.78 is 1.77. The molecule has 6 nitrogen and oxygen atoms in total. The van der Waals surface area contributed by atoms with Gasteiger partial charge in [-0.3, -0.25) is 9.78 Å². The topological polar surface area (TPSA) is 72.7 Å². The van der Waals surface area contributed by atoms with Crippen LogP contribution < -0.4 is 5.32 Å². The van der Waals surface area contributed by atoms with Gasteiger partial charge in [0.25, 0.3) is 5.91 Å². The lowest BCUT2D eigenvalue weighted by atomic mass is 10.2. The Morgan fingerprint density at radius 2 is 1.86 bits per heavy atom. The van der Waals surface area contributed by atoms with Gasteiger partial charge in [-0.15, -0.1) is 11.3 Å². The minimum absolute atomic E-state index is 0.149. The maximum Gasteiger partial charge on any atom is 0.251 e. The molecule has 0 atom stereocenters. The summed E-state index contributed by atoms with van der Waals surface area (Å²) in [4.78, 5) is 21.1. The summed E-state index contributed by atoms with van der Waals surface area (Å²) in [5.74, 6) is -0.149. The number of benzene rings is 1. The minimum atomic E-state index is -0.149. The van der Waals surface area contributed by atoms with Gasteiger partial charge in [-0.2, -0.15) is 5.10 Å². The van der Waals surface area contributed by atoms with E-state index >= 15 is 0 Å². The number of aromatic nitrogens is 4. The maximum absolute atomic E-state index is 12.5. The van der Waals surface area contributed by atoms with Gasteiger partial charge in [-0.1, -0.05) is 11.6 Å². The van der Waals surface area contributed by atoms with Crippen LogP contribution in [0.2, 0.25) is 5.02 Å². The summed E-state index contributed by atoms with van der Waals surface area (Å²) in [5, 5.41) is 10.8. The zero-order valence-corrected chi connectivity index (χ0v) is 17.5. The fourth-order valence-corrected chi connectivity index (χ4v) is 3.80. The van der Waals surface area contributed by atoms with Crippen LogP contribution in [0, 0.1) is 13.8 Å². The van der Waals surface area contributed by atoms with Crippen molar-refractivity contribution in [1.29, 1.82) is 0 Å². The number of thiazole rings is 1. The zero-order valence-electron chi connectivity index (χ0n) is 15.9. The number of amides is 1. The molecule has 3 heterocycles. The molecule has 1 aromatic carbocycles. The van der Waals surface area contributed by atoms with Gasteiger partial charge in [-0.25, -0.2) is 9.67 Å². The number of nitrogens with zero attached hydrogens (tertiary/aromatic N) is 4. The lowest BCUT2D eigenvalue weighted by molar-refractivity contribution is 0.0951. The van der Waals surface area contributed by atoms with E-state index in [1.54, 1.807) is 29.2 Å². The summed E-state index contributed by atoms with van der Waals surface area (Å²) in [6.07, 6.45) is 3.47. The van der Waals surface area contributed by atoms with E-state index in [0.717, 1.165) is 33.3 Å². The maximum atomic E-state index is 12.5. The monoisotopic (exact) mass is 423 g/mol. The molecule has 0 spiro atoms. The third-order valence-electron chi connectivity index (χ3n) is 4.51. The van der Waals surface area contributed by atoms with Gasteiger partial charge in [0.1, 0.15) is 5.01 Å². The van der Waals surface area contributed by atoms with E-state index in [9.17, 15) is 4.79 Å². The van der Waals surface area contributed by atoms with Crippen molar-refractivity contribution in [3.05, 3.63) is 81.2 Å². The van der Waals surface area contributed by atoms with E-state index in [-0.39, 0.29) is 5.91 Å². The smallest absolute Gasteiger partial charge is 0.251 e. The molecule has 146 valence electrons. The summed E-state index contributed by atoms with van der Waals surface area (Å²) in [6, 6.07) is 11.1. The molecule has 0 aliphatic rings. The Hall–Kier alpha value is -3.03. The molecular formula is C21H18ClN5OS. The SMILES string of the molecule is Cc1nn(-c2ccc(C(=O)NCc3nc(-c4ccncc4)cs3)cc2)c(C)c1Cl. The second-order valence-electron chi connectivity index (χ2n) is 6.49. The summed E-state index contributed by atoms with van der Waals surface area (Å²) in [5.41, 5.74) is 4.97. The van der Waals surface area contributed by atoms with Crippen molar-refractivity contribution in [3.63, 3.8) is 0 Å². The first kappa shape index (κ1) is 19.3. The molecule has 0 fully saturated rings. The quantitative estimate of drug-likeness (QED) is 0.509. The first-order valence-electron chi connectivity index (χ1n) is 8.98. The first-order valence-corrected chi connectivity index (χ1v) is 10.2. The predicted molar refractivity (Wildman–Crippen MR) is 115 cm³/mol. The molecule has 0 unspecified atom stereocenters. The number of aryl methyl sites for hydroxylation is 1. The molecule has 0 aliphatic carbocycles. The highest BCUT2D eigenvalue weighted by Crippen LogP contribution is 2.23. The summed E-state index contributed by atoms with van der Waals surface area (Å²) in [6.45, 7) is 4.16. The normalized spacial score (nSPS) is 10.9. The second kappa shape index (κ2) is 8.14. The minimum Gasteiger partial charge on any atom is -0.346 e. The number of pyridine rings is 1. The Bertz CT molecular complexity index is 1150. The van der Waals surface area contributed by atoms with E-state index in [1.807, 2.05) is 43.5 Å². The second-order valence-corrected chi connectivity index (χ2v) is 7.81. The summed E-state index contributed by atoms with van der Waals surface area (Å²) in [7, 11) is 0. The molecule has 0 saturated carbocycles. The molecule has 0 aliphatic heterocycles. The van der Waals surface area contributed by atoms with Crippen LogP contribution in [0.25, 0.3) is 16.9 Å². The number of carbonyl (C=O) groups is 1. The van der Waals surface area contributed by atoms with Crippen LogP contribution in [0.15, 0.2) is 54.2 Å². The number of halogens is 1. The predicted octanol–water partition coefficient (Wildman–Crippen LogP) is 4.59. The largest absolute Gasteiger partial charge is 0.346 e. The highest BCUT2D eigenvalue weighted by molar-refractivity contribution is 7.09. The van der Waals surface area contributed by atoms with Gasteiger partial charge in [0, 0.05) is 28.9 Å². The molecule has 4 aromatic rings. The van der Waals surface area contributed by atoms with Crippen LogP contribution in [0.4, 0.5) is 0 Å². The lowest BCUT2D eigenvalue weighted by Crippen LogP contribution is -2.22. The molecule has 3 aromatic heterocycles. The lowest BCUT2D eigenvalue weighted by Gasteiger charge is -2.07. The van der Waals surface area contributed by atoms with Crippen molar-refractivity contribution in [3.8, 4) is 16.9 Å². The van der Waals surface area contributed by atoms with Crippen LogP contribution in [0.5, 0.6) is 0 Å². The Balaban J connectivity index is 1.41. The highest BCUT2D eigenvalue weighted by Gasteiger charge is 2.12. The third-order valence-corrected chi connectivity index (χ3v) is 5.90. The Morgan fingerprint density at radius 3 is 2.52 bits per heavy atom. The number of rotatable bonds is 5.